The maximum absolute atomic E-state index is 13.7. The molecule has 0 atom stereocenters. The lowest BCUT2D eigenvalue weighted by molar-refractivity contribution is -0.0166. The third kappa shape index (κ3) is 4.44. The molecule has 0 saturated heterocycles. The number of rotatable bonds is 8. The van der Waals surface area contributed by atoms with Crippen LogP contribution in [0.2, 0.25) is 0 Å². The molecule has 4 aliphatic carbocycles. The smallest absolute Gasteiger partial charge is 0.253 e. The lowest BCUT2D eigenvalue weighted by Gasteiger charge is -2.56. The normalized spacial score (nSPS) is 28.0. The predicted octanol–water partition coefficient (Wildman–Crippen LogP) is 6.96. The largest absolute Gasteiger partial charge is 0.384 e. The molecule has 0 radical (unpaired) electrons. The maximum Gasteiger partial charge on any atom is 0.253 e. The summed E-state index contributed by atoms with van der Waals surface area (Å²) < 4.78 is 0. The van der Waals surface area contributed by atoms with Gasteiger partial charge in [0.1, 0.15) is 0 Å². The minimum Gasteiger partial charge on any atom is -0.384 e. The van der Waals surface area contributed by atoms with E-state index in [0.717, 1.165) is 53.1 Å². The molecule has 2 N–H and O–H groups in total. The second-order valence-electron chi connectivity index (χ2n) is 10.9. The molecule has 170 valence electrons. The fraction of sp³-hybridized carbons (Fsp3) is 0.552. The summed E-state index contributed by atoms with van der Waals surface area (Å²) in [4.78, 5) is 13.7. The number of aryl methyl sites for hydroxylation is 1. The fourth-order valence-electron chi connectivity index (χ4n) is 6.98. The van der Waals surface area contributed by atoms with Crippen LogP contribution in [0.4, 0.5) is 5.69 Å². The zero-order valence-corrected chi connectivity index (χ0v) is 19.8. The van der Waals surface area contributed by atoms with Gasteiger partial charge in [0, 0.05) is 17.8 Å². The van der Waals surface area contributed by atoms with Gasteiger partial charge in [-0.2, -0.15) is 0 Å². The van der Waals surface area contributed by atoms with Crippen LogP contribution in [0.15, 0.2) is 42.5 Å². The molecule has 4 aliphatic rings. The van der Waals surface area contributed by atoms with E-state index in [4.69, 9.17) is 0 Å². The van der Waals surface area contributed by atoms with Crippen molar-refractivity contribution < 1.29 is 4.79 Å². The van der Waals surface area contributed by atoms with Crippen molar-refractivity contribution in [3.63, 3.8) is 0 Å². The number of nitrogens with one attached hydrogen (secondary N) is 2. The number of anilines is 1. The molecular formula is C29H38N2O. The lowest BCUT2D eigenvalue weighted by Crippen LogP contribution is -2.59. The van der Waals surface area contributed by atoms with Crippen LogP contribution in [0.3, 0.4) is 0 Å². The molecule has 2 aromatic carbocycles. The highest BCUT2D eigenvalue weighted by atomic mass is 16.1. The molecule has 3 heteroatoms. The number of amides is 1. The molecule has 0 aromatic heterocycles. The third-order valence-corrected chi connectivity index (χ3v) is 8.16. The van der Waals surface area contributed by atoms with E-state index in [1.54, 1.807) is 0 Å². The summed E-state index contributed by atoms with van der Waals surface area (Å²) in [6.45, 7) is 5.24. The number of carbonyl (C=O) groups is 1. The van der Waals surface area contributed by atoms with Gasteiger partial charge in [-0.3, -0.25) is 4.79 Å². The van der Waals surface area contributed by atoms with E-state index in [1.165, 1.54) is 56.9 Å². The van der Waals surface area contributed by atoms with E-state index in [1.807, 2.05) is 0 Å². The summed E-state index contributed by atoms with van der Waals surface area (Å²) >= 11 is 0. The number of carbonyl (C=O) groups excluding carboxylic acids is 1. The van der Waals surface area contributed by atoms with Crippen molar-refractivity contribution in [2.75, 3.05) is 11.9 Å². The zero-order valence-electron chi connectivity index (χ0n) is 19.8. The van der Waals surface area contributed by atoms with Crippen molar-refractivity contribution in [2.45, 2.75) is 77.2 Å². The molecule has 3 nitrogen and oxygen atoms in total. The SMILES string of the molecule is CCCCCNc1ccc(-c2ccc(C)cc2)cc1C(=O)NC12CC3CC(CC(C3)C1)C2. The summed E-state index contributed by atoms with van der Waals surface area (Å²) in [6, 6.07) is 14.9. The quantitative estimate of drug-likeness (QED) is 0.444. The van der Waals surface area contributed by atoms with Crippen LogP contribution in [0.25, 0.3) is 11.1 Å². The Bertz CT molecular complexity index is 926. The van der Waals surface area contributed by atoms with Gasteiger partial charge in [0.2, 0.25) is 0 Å². The fourth-order valence-corrected chi connectivity index (χ4v) is 6.98. The molecule has 0 heterocycles. The van der Waals surface area contributed by atoms with Gasteiger partial charge in [-0.15, -0.1) is 0 Å². The Kier molecular flexibility index (Phi) is 6.01. The molecule has 2 aromatic rings. The van der Waals surface area contributed by atoms with E-state index >= 15 is 0 Å². The number of unbranched alkanes of at least 4 members (excludes halogenated alkanes) is 2. The summed E-state index contributed by atoms with van der Waals surface area (Å²) in [5.74, 6) is 2.59. The van der Waals surface area contributed by atoms with Crippen molar-refractivity contribution >= 4 is 11.6 Å². The summed E-state index contributed by atoms with van der Waals surface area (Å²) in [5, 5.41) is 7.16. The van der Waals surface area contributed by atoms with Gasteiger partial charge in [0.05, 0.1) is 5.56 Å². The van der Waals surface area contributed by atoms with Crippen LogP contribution >= 0.6 is 0 Å². The third-order valence-electron chi connectivity index (χ3n) is 8.16. The summed E-state index contributed by atoms with van der Waals surface area (Å²) in [5.41, 5.74) is 5.33. The average Bonchev–Trinajstić information content (AvgIpc) is 2.76. The van der Waals surface area contributed by atoms with Gasteiger partial charge in [0.25, 0.3) is 5.91 Å². The van der Waals surface area contributed by atoms with Crippen molar-refractivity contribution in [2.24, 2.45) is 17.8 Å². The first kappa shape index (κ1) is 21.6. The number of hydrogen-bond acceptors (Lipinski definition) is 2. The molecule has 6 rings (SSSR count). The first-order chi connectivity index (χ1) is 15.5. The molecule has 4 fully saturated rings. The Morgan fingerprint density at radius 2 is 1.53 bits per heavy atom. The molecule has 4 bridgehead atoms. The molecule has 0 unspecified atom stereocenters. The van der Waals surface area contributed by atoms with Crippen molar-refractivity contribution in [1.29, 1.82) is 0 Å². The van der Waals surface area contributed by atoms with Crippen LogP contribution in [-0.2, 0) is 0 Å². The van der Waals surface area contributed by atoms with E-state index in [-0.39, 0.29) is 11.4 Å². The van der Waals surface area contributed by atoms with Crippen molar-refractivity contribution in [3.8, 4) is 11.1 Å². The van der Waals surface area contributed by atoms with E-state index < -0.39 is 0 Å². The highest BCUT2D eigenvalue weighted by molar-refractivity contribution is 6.01. The topological polar surface area (TPSA) is 41.1 Å². The first-order valence-corrected chi connectivity index (χ1v) is 12.8. The highest BCUT2D eigenvalue weighted by Crippen LogP contribution is 2.55. The molecular weight excluding hydrogens is 392 g/mol. The van der Waals surface area contributed by atoms with Gasteiger partial charge in [0.15, 0.2) is 0 Å². The molecule has 1 amide bonds. The van der Waals surface area contributed by atoms with Crippen LogP contribution in [0, 0.1) is 24.7 Å². The Morgan fingerprint density at radius 3 is 2.16 bits per heavy atom. The van der Waals surface area contributed by atoms with Crippen LogP contribution < -0.4 is 10.6 Å². The second-order valence-corrected chi connectivity index (χ2v) is 10.9. The minimum absolute atomic E-state index is 0.0329. The summed E-state index contributed by atoms with van der Waals surface area (Å²) in [7, 11) is 0. The Balaban J connectivity index is 1.41. The van der Waals surface area contributed by atoms with Crippen molar-refractivity contribution in [1.82, 2.24) is 5.32 Å². The first-order valence-electron chi connectivity index (χ1n) is 12.8. The number of hydrogen-bond donors (Lipinski definition) is 2. The molecule has 4 saturated carbocycles. The van der Waals surface area contributed by atoms with Crippen LogP contribution in [0.1, 0.15) is 80.6 Å². The average molecular weight is 431 g/mol. The van der Waals surface area contributed by atoms with Gasteiger partial charge >= 0.3 is 0 Å². The van der Waals surface area contributed by atoms with Crippen LogP contribution in [-0.4, -0.2) is 18.0 Å². The molecule has 32 heavy (non-hydrogen) atoms. The van der Waals surface area contributed by atoms with Gasteiger partial charge in [-0.1, -0.05) is 55.7 Å². The Hall–Kier alpha value is -2.29. The highest BCUT2D eigenvalue weighted by Gasteiger charge is 2.51. The maximum atomic E-state index is 13.7. The van der Waals surface area contributed by atoms with E-state index in [2.05, 4.69) is 66.9 Å². The zero-order chi connectivity index (χ0) is 22.1. The van der Waals surface area contributed by atoms with E-state index in [0.29, 0.717) is 0 Å². The Labute approximate surface area is 193 Å². The van der Waals surface area contributed by atoms with E-state index in [9.17, 15) is 4.79 Å². The van der Waals surface area contributed by atoms with Crippen molar-refractivity contribution in [3.05, 3.63) is 53.6 Å². The lowest BCUT2D eigenvalue weighted by atomic mass is 9.53. The number of benzene rings is 2. The second kappa shape index (κ2) is 8.92. The molecule has 0 spiro atoms. The van der Waals surface area contributed by atoms with Crippen LogP contribution in [0.5, 0.6) is 0 Å². The Morgan fingerprint density at radius 1 is 0.906 bits per heavy atom. The summed E-state index contributed by atoms with van der Waals surface area (Å²) in [6.07, 6.45) is 11.3. The predicted molar refractivity (Wildman–Crippen MR) is 133 cm³/mol. The van der Waals surface area contributed by atoms with Gasteiger partial charge < -0.3 is 10.6 Å². The minimum atomic E-state index is 0.0329. The standard InChI is InChI=1S/C29H38N2O/c1-3-4-5-12-30-27-11-10-25(24-8-6-20(2)7-9-24)16-26(27)28(32)31-29-17-21-13-22(18-29)15-23(14-21)19-29/h6-11,16,21-23,30H,3-5,12-15,17-19H2,1-2H3,(H,31,32). The molecule has 0 aliphatic heterocycles. The monoisotopic (exact) mass is 430 g/mol. The van der Waals surface area contributed by atoms with Gasteiger partial charge in [-0.25, -0.2) is 0 Å². The van der Waals surface area contributed by atoms with Gasteiger partial charge in [-0.05, 0) is 92.9 Å².